The van der Waals surface area contributed by atoms with E-state index in [1.165, 1.54) is 0 Å². The van der Waals surface area contributed by atoms with E-state index in [0.717, 1.165) is 6.42 Å². The van der Waals surface area contributed by atoms with Crippen LogP contribution in [0, 0.1) is 5.92 Å². The Balaban J connectivity index is 2.55. The predicted octanol–water partition coefficient (Wildman–Crippen LogP) is 3.00. The lowest BCUT2D eigenvalue weighted by molar-refractivity contribution is 0.244. The summed E-state index contributed by atoms with van der Waals surface area (Å²) < 4.78 is 5.69. The van der Waals surface area contributed by atoms with Gasteiger partial charge < -0.3 is 20.5 Å². The summed E-state index contributed by atoms with van der Waals surface area (Å²) in [5.74, 6) is 1.09. The minimum absolute atomic E-state index is 0.0147. The van der Waals surface area contributed by atoms with Gasteiger partial charge in [-0.15, -0.1) is 0 Å². The number of anilines is 1. The largest absolute Gasteiger partial charge is 0.491 e. The predicted molar refractivity (Wildman–Crippen MR) is 84.7 cm³/mol. The second-order valence-electron chi connectivity index (χ2n) is 5.57. The fraction of sp³-hybridized carbons (Fsp3) is 0.562. The molecule has 21 heavy (non-hydrogen) atoms. The van der Waals surface area contributed by atoms with Gasteiger partial charge in [-0.3, -0.25) is 0 Å². The average molecular weight is 294 g/mol. The maximum atomic E-state index is 11.9. The van der Waals surface area contributed by atoms with Crippen molar-refractivity contribution in [2.45, 2.75) is 39.7 Å². The van der Waals surface area contributed by atoms with Crippen molar-refractivity contribution in [2.75, 3.05) is 18.5 Å². The van der Waals surface area contributed by atoms with Gasteiger partial charge in [-0.25, -0.2) is 4.79 Å². The molecule has 0 saturated carbocycles. The van der Waals surface area contributed by atoms with E-state index in [2.05, 4.69) is 24.5 Å². The number of hydrogen-bond donors (Lipinski definition) is 3. The molecule has 118 valence electrons. The Kier molecular flexibility index (Phi) is 7.61. The molecule has 0 aromatic heterocycles. The Morgan fingerprint density at radius 2 is 2.00 bits per heavy atom. The number of rotatable bonds is 8. The van der Waals surface area contributed by atoms with Gasteiger partial charge in [-0.1, -0.05) is 26.0 Å². The van der Waals surface area contributed by atoms with Crippen LogP contribution < -0.4 is 15.4 Å². The van der Waals surface area contributed by atoms with Crippen molar-refractivity contribution in [1.82, 2.24) is 5.32 Å². The first-order valence-electron chi connectivity index (χ1n) is 7.43. The Hall–Kier alpha value is -1.75. The van der Waals surface area contributed by atoms with Crippen LogP contribution in [0.4, 0.5) is 10.5 Å². The van der Waals surface area contributed by atoms with Crippen LogP contribution in [0.5, 0.6) is 5.75 Å². The SMILES string of the molecule is CC(C)COc1ccccc1NC(=O)NC(C)CCCO. The van der Waals surface area contributed by atoms with E-state index in [1.54, 1.807) is 0 Å². The Morgan fingerprint density at radius 1 is 1.29 bits per heavy atom. The molecular weight excluding hydrogens is 268 g/mol. The van der Waals surface area contributed by atoms with Gasteiger partial charge in [0.05, 0.1) is 12.3 Å². The van der Waals surface area contributed by atoms with Crippen molar-refractivity contribution in [3.63, 3.8) is 0 Å². The van der Waals surface area contributed by atoms with E-state index in [0.29, 0.717) is 30.4 Å². The van der Waals surface area contributed by atoms with E-state index in [9.17, 15) is 4.79 Å². The van der Waals surface area contributed by atoms with Crippen LogP contribution in [0.1, 0.15) is 33.6 Å². The van der Waals surface area contributed by atoms with Crippen LogP contribution in [0.3, 0.4) is 0 Å². The average Bonchev–Trinajstić information content (AvgIpc) is 2.44. The maximum absolute atomic E-state index is 11.9. The van der Waals surface area contributed by atoms with Crippen LogP contribution in [0.2, 0.25) is 0 Å². The van der Waals surface area contributed by atoms with E-state index >= 15 is 0 Å². The molecule has 0 aliphatic heterocycles. The molecule has 0 aliphatic carbocycles. The molecule has 0 bridgehead atoms. The molecule has 1 atom stereocenters. The highest BCUT2D eigenvalue weighted by Crippen LogP contribution is 2.24. The number of hydrogen-bond acceptors (Lipinski definition) is 3. The van der Waals surface area contributed by atoms with Gasteiger partial charge >= 0.3 is 6.03 Å². The van der Waals surface area contributed by atoms with Gasteiger partial charge in [0, 0.05) is 12.6 Å². The Bertz CT molecular complexity index is 435. The number of aliphatic hydroxyl groups excluding tert-OH is 1. The lowest BCUT2D eigenvalue weighted by Crippen LogP contribution is -2.36. The molecule has 0 spiro atoms. The molecule has 3 N–H and O–H groups in total. The lowest BCUT2D eigenvalue weighted by atomic mass is 10.2. The molecule has 5 nitrogen and oxygen atoms in total. The van der Waals surface area contributed by atoms with E-state index in [1.807, 2.05) is 31.2 Å². The molecule has 0 fully saturated rings. The van der Waals surface area contributed by atoms with Gasteiger partial charge in [0.25, 0.3) is 0 Å². The number of para-hydroxylation sites is 2. The zero-order valence-electron chi connectivity index (χ0n) is 13.1. The summed E-state index contributed by atoms with van der Waals surface area (Å²) in [5, 5.41) is 14.4. The molecule has 1 unspecified atom stereocenters. The molecular formula is C16H26N2O3. The van der Waals surface area contributed by atoms with Crippen molar-refractivity contribution in [2.24, 2.45) is 5.92 Å². The van der Waals surface area contributed by atoms with Crippen molar-refractivity contribution < 1.29 is 14.6 Å². The second-order valence-corrected chi connectivity index (χ2v) is 5.57. The van der Waals surface area contributed by atoms with Crippen molar-refractivity contribution >= 4 is 11.7 Å². The summed E-state index contributed by atoms with van der Waals surface area (Å²) in [5.41, 5.74) is 0.657. The number of amides is 2. The van der Waals surface area contributed by atoms with Gasteiger partial charge in [-0.2, -0.15) is 0 Å². The minimum Gasteiger partial charge on any atom is -0.491 e. The smallest absolute Gasteiger partial charge is 0.319 e. The molecule has 0 radical (unpaired) electrons. The summed E-state index contributed by atoms with van der Waals surface area (Å²) in [6.45, 7) is 6.81. The number of aliphatic hydroxyl groups is 1. The van der Waals surface area contributed by atoms with Crippen molar-refractivity contribution in [3.05, 3.63) is 24.3 Å². The van der Waals surface area contributed by atoms with E-state index < -0.39 is 0 Å². The molecule has 2 amide bonds. The van der Waals surface area contributed by atoms with Crippen LogP contribution in [0.25, 0.3) is 0 Å². The number of nitrogens with one attached hydrogen (secondary N) is 2. The van der Waals surface area contributed by atoms with Crippen LogP contribution in [-0.2, 0) is 0 Å². The third-order valence-electron chi connectivity index (χ3n) is 2.88. The molecule has 0 aliphatic rings. The van der Waals surface area contributed by atoms with Crippen LogP contribution in [-0.4, -0.2) is 30.4 Å². The third-order valence-corrected chi connectivity index (χ3v) is 2.88. The zero-order chi connectivity index (χ0) is 15.7. The highest BCUT2D eigenvalue weighted by Gasteiger charge is 2.10. The van der Waals surface area contributed by atoms with Gasteiger partial charge in [0.1, 0.15) is 5.75 Å². The monoisotopic (exact) mass is 294 g/mol. The van der Waals surface area contributed by atoms with Crippen molar-refractivity contribution in [3.8, 4) is 5.75 Å². The van der Waals surface area contributed by atoms with Gasteiger partial charge in [-0.05, 0) is 37.8 Å². The van der Waals surface area contributed by atoms with Crippen molar-refractivity contribution in [1.29, 1.82) is 0 Å². The number of carbonyl (C=O) groups is 1. The summed E-state index contributed by atoms with van der Waals surface area (Å²) in [4.78, 5) is 11.9. The zero-order valence-corrected chi connectivity index (χ0v) is 13.1. The summed E-state index contributed by atoms with van der Waals surface area (Å²) in [7, 11) is 0. The highest BCUT2D eigenvalue weighted by molar-refractivity contribution is 5.91. The Morgan fingerprint density at radius 3 is 2.67 bits per heavy atom. The fourth-order valence-corrected chi connectivity index (χ4v) is 1.80. The first kappa shape index (κ1) is 17.3. The molecule has 1 rings (SSSR count). The molecule has 1 aromatic rings. The minimum atomic E-state index is -0.263. The Labute approximate surface area is 126 Å². The topological polar surface area (TPSA) is 70.6 Å². The number of carbonyl (C=O) groups excluding carboxylic acids is 1. The van der Waals surface area contributed by atoms with E-state index in [4.69, 9.17) is 9.84 Å². The molecule has 0 heterocycles. The number of urea groups is 1. The van der Waals surface area contributed by atoms with Crippen LogP contribution >= 0.6 is 0 Å². The fourth-order valence-electron chi connectivity index (χ4n) is 1.80. The maximum Gasteiger partial charge on any atom is 0.319 e. The normalized spacial score (nSPS) is 12.0. The first-order valence-corrected chi connectivity index (χ1v) is 7.43. The van der Waals surface area contributed by atoms with Crippen LogP contribution in [0.15, 0.2) is 24.3 Å². The third kappa shape index (κ3) is 6.99. The number of ether oxygens (including phenoxy) is 1. The molecule has 5 heteroatoms. The lowest BCUT2D eigenvalue weighted by Gasteiger charge is -2.16. The standard InChI is InChI=1S/C16H26N2O3/c1-12(2)11-21-15-9-5-4-8-14(15)18-16(20)17-13(3)7-6-10-19/h4-5,8-9,12-13,19H,6-7,10-11H2,1-3H3,(H2,17,18,20). The quantitative estimate of drug-likeness (QED) is 0.690. The first-order chi connectivity index (χ1) is 10.0. The molecule has 1 aromatic carbocycles. The van der Waals surface area contributed by atoms with Gasteiger partial charge in [0.15, 0.2) is 0 Å². The number of benzene rings is 1. The van der Waals surface area contributed by atoms with Gasteiger partial charge in [0.2, 0.25) is 0 Å². The summed E-state index contributed by atoms with van der Waals surface area (Å²) in [6.07, 6.45) is 1.42. The second kappa shape index (κ2) is 9.23. The van der Waals surface area contributed by atoms with E-state index in [-0.39, 0.29) is 18.7 Å². The summed E-state index contributed by atoms with van der Waals surface area (Å²) in [6, 6.07) is 7.14. The highest BCUT2D eigenvalue weighted by atomic mass is 16.5. The summed E-state index contributed by atoms with van der Waals surface area (Å²) >= 11 is 0. The molecule has 0 saturated heterocycles.